The molecule has 1 saturated heterocycles. The predicted molar refractivity (Wildman–Crippen MR) is 252 cm³/mol. The number of aromatic nitrogens is 1. The van der Waals surface area contributed by atoms with E-state index in [4.69, 9.17) is 4.74 Å². The van der Waals surface area contributed by atoms with E-state index in [9.17, 15) is 52.0 Å². The van der Waals surface area contributed by atoms with Crippen molar-refractivity contribution in [2.24, 2.45) is 17.8 Å². The number of cyclic esters (lactones) is 1. The van der Waals surface area contributed by atoms with Crippen molar-refractivity contribution in [3.63, 3.8) is 0 Å². The molecule has 1 aromatic heterocycles. The average Bonchev–Trinajstić information content (AvgIpc) is 3.66. The van der Waals surface area contributed by atoms with Crippen LogP contribution >= 0.6 is 0 Å². The van der Waals surface area contributed by atoms with Crippen molar-refractivity contribution in [3.8, 4) is 11.8 Å². The number of para-hydroxylation sites is 2. The summed E-state index contributed by atoms with van der Waals surface area (Å²) in [5, 5.41) is 17.8. The molecule has 2 heterocycles. The summed E-state index contributed by atoms with van der Waals surface area (Å²) in [4.78, 5) is 104. The number of likely N-dealkylation sites (N-methyl/N-ethyl adjacent to an activating group) is 3. The lowest BCUT2D eigenvalue weighted by atomic mass is 9.97. The number of carbonyl (C=O) groups is 7. The van der Waals surface area contributed by atoms with E-state index in [0.717, 1.165) is 33.4 Å². The van der Waals surface area contributed by atoms with Gasteiger partial charge in [-0.1, -0.05) is 77.9 Å². The van der Waals surface area contributed by atoms with Gasteiger partial charge in [0.2, 0.25) is 29.5 Å². The molecule has 4 rings (SSSR count). The summed E-state index contributed by atoms with van der Waals surface area (Å²) in [6, 6.07) is 9.71. The third kappa shape index (κ3) is 14.8. The average molecular weight is 965 g/mol. The second-order valence-electron chi connectivity index (χ2n) is 19.1. The maximum absolute atomic E-state index is 15.0. The molecule has 2 aromatic carbocycles. The molecule has 3 aromatic rings. The molecule has 0 aliphatic carbocycles. The number of fused-ring (bicyclic) bond motifs is 1. The van der Waals surface area contributed by atoms with E-state index in [1.165, 1.54) is 25.9 Å². The Bertz CT molecular complexity index is 2350. The van der Waals surface area contributed by atoms with Crippen LogP contribution in [0.3, 0.4) is 0 Å². The van der Waals surface area contributed by atoms with Gasteiger partial charge in [-0.3, -0.25) is 28.8 Å². The molecule has 69 heavy (non-hydrogen) atoms. The van der Waals surface area contributed by atoms with E-state index in [-0.39, 0.29) is 49.9 Å². The van der Waals surface area contributed by atoms with Crippen LogP contribution < -0.4 is 16.0 Å². The molecule has 1 aliphatic rings. The van der Waals surface area contributed by atoms with Gasteiger partial charge in [0.1, 0.15) is 36.3 Å². The second kappa shape index (κ2) is 24.2. The Morgan fingerprint density at radius 2 is 1.16 bits per heavy atom. The number of nitriles is 1. The van der Waals surface area contributed by atoms with Crippen LogP contribution in [0.4, 0.5) is 13.2 Å². The molecule has 3 N–H and O–H groups in total. The Labute approximate surface area is 402 Å². The van der Waals surface area contributed by atoms with Crippen molar-refractivity contribution in [2.45, 2.75) is 142 Å². The molecular weight excluding hydrogens is 898 g/mol. The smallest absolute Gasteiger partial charge is 0.391 e. The quantitative estimate of drug-likeness (QED) is 0.197. The summed E-state index contributed by atoms with van der Waals surface area (Å²) < 4.78 is 50.0. The van der Waals surface area contributed by atoms with E-state index >= 15 is 0 Å². The Hall–Kier alpha value is -6.45. The number of ether oxygens (including phenoxy) is 1. The highest BCUT2D eigenvalue weighted by Gasteiger charge is 2.43. The molecule has 0 spiro atoms. The van der Waals surface area contributed by atoms with Gasteiger partial charge in [0.25, 0.3) is 5.91 Å². The van der Waals surface area contributed by atoms with Crippen molar-refractivity contribution in [1.82, 2.24) is 35.2 Å². The molecule has 0 saturated carbocycles. The third-order valence-corrected chi connectivity index (χ3v) is 12.2. The van der Waals surface area contributed by atoms with Gasteiger partial charge in [0.15, 0.2) is 6.10 Å². The molecule has 376 valence electrons. The van der Waals surface area contributed by atoms with Crippen LogP contribution in [0, 0.1) is 29.1 Å². The van der Waals surface area contributed by atoms with E-state index in [1.807, 2.05) is 93.1 Å². The normalized spacial score (nSPS) is 23.5. The molecule has 1 fully saturated rings. The van der Waals surface area contributed by atoms with Crippen molar-refractivity contribution >= 4 is 52.3 Å². The largest absolute Gasteiger partial charge is 0.451 e. The Kier molecular flexibility index (Phi) is 19.3. The molecular formula is C50H67F3N8O8. The summed E-state index contributed by atoms with van der Waals surface area (Å²) in [6.07, 6.45) is -7.78. The summed E-state index contributed by atoms with van der Waals surface area (Å²) in [5.74, 6) is -7.55. The third-order valence-electron chi connectivity index (χ3n) is 12.2. The van der Waals surface area contributed by atoms with Crippen molar-refractivity contribution in [2.75, 3.05) is 21.1 Å². The lowest BCUT2D eigenvalue weighted by Crippen LogP contribution is -2.60. The number of rotatable bonds is 12. The second-order valence-corrected chi connectivity index (χ2v) is 19.1. The van der Waals surface area contributed by atoms with Crippen LogP contribution in [0.5, 0.6) is 0 Å². The lowest BCUT2D eigenvalue weighted by Gasteiger charge is -2.35. The van der Waals surface area contributed by atoms with Gasteiger partial charge in [-0.25, -0.2) is 4.79 Å². The highest BCUT2D eigenvalue weighted by Crippen LogP contribution is 2.28. The van der Waals surface area contributed by atoms with Gasteiger partial charge in [-0.05, 0) is 67.7 Å². The zero-order chi connectivity index (χ0) is 51.5. The zero-order valence-electron chi connectivity index (χ0n) is 41.1. The van der Waals surface area contributed by atoms with Crippen LogP contribution in [-0.4, -0.2) is 130 Å². The topological polar surface area (TPSA) is 203 Å². The molecule has 7 atom stereocenters. The number of halogens is 3. The maximum atomic E-state index is 15.0. The first-order valence-corrected chi connectivity index (χ1v) is 23.3. The van der Waals surface area contributed by atoms with Crippen LogP contribution in [0.15, 0.2) is 60.8 Å². The molecule has 16 nitrogen and oxygen atoms in total. The van der Waals surface area contributed by atoms with Gasteiger partial charge in [-0.15, -0.1) is 0 Å². The van der Waals surface area contributed by atoms with Crippen molar-refractivity contribution < 1.29 is 51.5 Å². The number of hydrogen-bond donors (Lipinski definition) is 3. The number of nitrogens with zero attached hydrogens (tertiary/aromatic N) is 5. The highest BCUT2D eigenvalue weighted by atomic mass is 19.4. The summed E-state index contributed by atoms with van der Waals surface area (Å²) in [7, 11) is 3.81. The number of benzene rings is 2. The van der Waals surface area contributed by atoms with Gasteiger partial charge in [0.05, 0.1) is 18.0 Å². The molecule has 0 bridgehead atoms. The monoisotopic (exact) mass is 965 g/mol. The van der Waals surface area contributed by atoms with E-state index in [2.05, 4.69) is 16.0 Å². The molecule has 0 radical (unpaired) electrons. The molecule has 0 unspecified atom stereocenters. The molecule has 19 heteroatoms. The number of carbonyl (C=O) groups excluding carboxylic acids is 7. The first-order chi connectivity index (χ1) is 32.3. The first kappa shape index (κ1) is 55.1. The highest BCUT2D eigenvalue weighted by molar-refractivity contribution is 5.98. The standard InChI is InChI=1S/C50H67F3N8O8/c1-29(2)23-36-46(65)58(8)32(7)49(68)69-42(21-16-22-54)45(64)57-38(27-50(51,52)53)48(67)59(9)40(25-31(5)6)43(62)56-37(24-30(3)4)47(66)60(10)41(44(63)55-36)26-33-28-61(34-17-12-11-13-18-34)39-20-15-14-19-35(33)39/h11-15,17-20,28-32,36-38,40-42H,16,21,23-27H2,1-10H3,(H,55,63)(H,56,62)(H,57,64)/t32-,36-,37-,38-,40-,41-,42+/m0/s1. The SMILES string of the molecule is CC(C)C[C@@H]1NC(=O)[C@H](Cc2cn(-c3ccccc3)c3ccccc23)N(C)C(=O)[C@H](CC(C)C)NC(=O)[C@H](CC(C)C)N(C)C(=O)[C@H](CC(F)(F)F)NC(=O)[C@@H](CCC#N)OC(=O)[C@H](C)N(C)C1=O. The predicted octanol–water partition coefficient (Wildman–Crippen LogP) is 5.45. The Morgan fingerprint density at radius 3 is 1.71 bits per heavy atom. The first-order valence-electron chi connectivity index (χ1n) is 23.3. The van der Waals surface area contributed by atoms with Crippen molar-refractivity contribution in [1.29, 1.82) is 5.26 Å². The molecule has 1 aliphatic heterocycles. The van der Waals surface area contributed by atoms with Crippen LogP contribution in [0.2, 0.25) is 0 Å². The minimum atomic E-state index is -5.02. The number of nitrogens with one attached hydrogen (secondary N) is 3. The number of alkyl halides is 3. The fraction of sp³-hybridized carbons (Fsp3) is 0.560. The summed E-state index contributed by atoms with van der Waals surface area (Å²) in [6.45, 7) is 12.0. The van der Waals surface area contributed by atoms with Crippen molar-refractivity contribution in [3.05, 3.63) is 66.4 Å². The lowest BCUT2D eigenvalue weighted by molar-refractivity contribution is -0.166. The van der Waals surface area contributed by atoms with E-state index in [0.29, 0.717) is 5.56 Å². The van der Waals surface area contributed by atoms with Gasteiger partial charge >= 0.3 is 12.1 Å². The van der Waals surface area contributed by atoms with Crippen LogP contribution in [0.25, 0.3) is 16.6 Å². The van der Waals surface area contributed by atoms with E-state index in [1.54, 1.807) is 19.9 Å². The maximum Gasteiger partial charge on any atom is 0.391 e. The Balaban J connectivity index is 1.94. The number of amides is 6. The van der Waals surface area contributed by atoms with E-state index < -0.39 is 103 Å². The minimum absolute atomic E-state index is 0.0463. The summed E-state index contributed by atoms with van der Waals surface area (Å²) >= 11 is 0. The van der Waals surface area contributed by atoms with Crippen LogP contribution in [-0.2, 0) is 44.7 Å². The van der Waals surface area contributed by atoms with Gasteiger partial charge in [0, 0.05) is 57.7 Å². The fourth-order valence-electron chi connectivity index (χ4n) is 8.41. The zero-order valence-corrected chi connectivity index (χ0v) is 41.1. The number of esters is 1. The van der Waals surface area contributed by atoms with Gasteiger partial charge in [-0.2, -0.15) is 18.4 Å². The van der Waals surface area contributed by atoms with Gasteiger partial charge < -0.3 is 40.0 Å². The fourth-order valence-corrected chi connectivity index (χ4v) is 8.41. The summed E-state index contributed by atoms with van der Waals surface area (Å²) in [5.41, 5.74) is 2.32. The minimum Gasteiger partial charge on any atom is -0.451 e. The molecule has 6 amide bonds. The van der Waals surface area contributed by atoms with Crippen LogP contribution in [0.1, 0.15) is 92.6 Å². The Morgan fingerprint density at radius 1 is 0.667 bits per heavy atom. The number of hydrogen-bond acceptors (Lipinski definition) is 9.